The first-order valence-corrected chi connectivity index (χ1v) is 9.62. The molecule has 0 atom stereocenters. The van der Waals surface area contributed by atoms with Gasteiger partial charge in [-0.2, -0.15) is 13.2 Å². The predicted molar refractivity (Wildman–Crippen MR) is 86.6 cm³/mol. The maximum Gasteiger partial charge on any atom is 0.477 e. The third-order valence-electron chi connectivity index (χ3n) is 3.57. The zero-order valence-corrected chi connectivity index (χ0v) is 14.1. The van der Waals surface area contributed by atoms with Crippen LogP contribution in [0.5, 0.6) is 0 Å². The molecule has 0 saturated heterocycles. The van der Waals surface area contributed by atoms with Gasteiger partial charge in [-0.1, -0.05) is 18.2 Å². The number of nitrogens with zero attached hydrogens (tertiary/aromatic N) is 1. The molecule has 0 spiro atoms. The van der Waals surface area contributed by atoms with Gasteiger partial charge in [0, 0.05) is 11.8 Å². The van der Waals surface area contributed by atoms with Gasteiger partial charge in [-0.15, -0.1) is 16.3 Å². The molecule has 0 saturated carbocycles. The molecule has 2 aromatic rings. The van der Waals surface area contributed by atoms with Crippen molar-refractivity contribution in [3.8, 4) is 0 Å². The molecule has 0 amide bonds. The van der Waals surface area contributed by atoms with Crippen LogP contribution in [0.15, 0.2) is 46.7 Å². The highest BCUT2D eigenvalue weighted by Gasteiger charge is 2.42. The molecular weight excluding hydrogens is 361 g/mol. The van der Waals surface area contributed by atoms with Gasteiger partial charge in [-0.05, 0) is 29.1 Å². The zero-order valence-electron chi connectivity index (χ0n) is 12.5. The fraction of sp³-hybridized carbons (Fsp3) is 0.200. The van der Waals surface area contributed by atoms with E-state index in [1.54, 1.807) is 17.5 Å². The molecule has 3 rings (SSSR count). The SMILES string of the molecule is CS(=O)(=O)c1ccc(C2=C(c3cccs3)NN(C(F)(F)F)C2)cc1. The molecule has 1 N–H and O–H groups in total. The molecule has 0 unspecified atom stereocenters. The average molecular weight is 374 g/mol. The van der Waals surface area contributed by atoms with Gasteiger partial charge >= 0.3 is 6.30 Å². The Morgan fingerprint density at radius 1 is 1.17 bits per heavy atom. The first kappa shape index (κ1) is 17.0. The van der Waals surface area contributed by atoms with Crippen molar-refractivity contribution in [2.45, 2.75) is 11.2 Å². The number of thiophene rings is 1. The number of hydrogen-bond donors (Lipinski definition) is 1. The first-order chi connectivity index (χ1) is 11.2. The van der Waals surface area contributed by atoms with Gasteiger partial charge in [-0.3, -0.25) is 0 Å². The number of alkyl halides is 3. The first-order valence-electron chi connectivity index (χ1n) is 6.85. The van der Waals surface area contributed by atoms with Crippen molar-refractivity contribution in [2.24, 2.45) is 0 Å². The summed E-state index contributed by atoms with van der Waals surface area (Å²) in [7, 11) is -3.35. The van der Waals surface area contributed by atoms with Gasteiger partial charge in [-0.25, -0.2) is 8.42 Å². The number of sulfone groups is 1. The molecule has 2 heterocycles. The van der Waals surface area contributed by atoms with Crippen LogP contribution in [-0.2, 0) is 9.84 Å². The van der Waals surface area contributed by atoms with E-state index in [0.29, 0.717) is 21.7 Å². The molecule has 128 valence electrons. The van der Waals surface area contributed by atoms with Crippen molar-refractivity contribution in [1.29, 1.82) is 0 Å². The molecule has 9 heteroatoms. The lowest BCUT2D eigenvalue weighted by Crippen LogP contribution is -2.43. The molecule has 0 radical (unpaired) electrons. The van der Waals surface area contributed by atoms with E-state index in [1.807, 2.05) is 0 Å². The Morgan fingerprint density at radius 3 is 2.33 bits per heavy atom. The molecular formula is C15H13F3N2O2S2. The molecule has 0 fully saturated rings. The summed E-state index contributed by atoms with van der Waals surface area (Å²) in [6, 6.07) is 9.36. The summed E-state index contributed by atoms with van der Waals surface area (Å²) in [5, 5.41) is 1.99. The molecule has 1 aliphatic heterocycles. The van der Waals surface area contributed by atoms with Gasteiger partial charge in [0.2, 0.25) is 0 Å². The highest BCUT2D eigenvalue weighted by atomic mass is 32.2. The van der Waals surface area contributed by atoms with E-state index in [2.05, 4.69) is 5.43 Å². The van der Waals surface area contributed by atoms with Crippen molar-refractivity contribution in [3.05, 3.63) is 52.2 Å². The van der Waals surface area contributed by atoms with Crippen molar-refractivity contribution < 1.29 is 21.6 Å². The van der Waals surface area contributed by atoms with E-state index in [0.717, 1.165) is 6.26 Å². The van der Waals surface area contributed by atoms with E-state index in [9.17, 15) is 21.6 Å². The fourth-order valence-electron chi connectivity index (χ4n) is 2.40. The minimum atomic E-state index is -4.52. The van der Waals surface area contributed by atoms with Gasteiger partial charge < -0.3 is 5.43 Å². The minimum Gasteiger partial charge on any atom is -0.310 e. The minimum absolute atomic E-state index is 0.128. The Kier molecular flexibility index (Phi) is 4.18. The zero-order chi connectivity index (χ0) is 17.5. The molecule has 1 aromatic carbocycles. The van der Waals surface area contributed by atoms with Crippen LogP contribution in [0.1, 0.15) is 10.4 Å². The third-order valence-corrected chi connectivity index (χ3v) is 5.59. The van der Waals surface area contributed by atoms with E-state index < -0.39 is 16.1 Å². The topological polar surface area (TPSA) is 49.4 Å². The predicted octanol–water partition coefficient (Wildman–Crippen LogP) is 3.36. The summed E-state index contributed by atoms with van der Waals surface area (Å²) in [6.07, 6.45) is -3.43. The summed E-state index contributed by atoms with van der Waals surface area (Å²) >= 11 is 1.33. The second kappa shape index (κ2) is 5.91. The number of benzene rings is 1. The summed E-state index contributed by atoms with van der Waals surface area (Å²) in [5.41, 5.74) is 3.80. The molecule has 0 aliphatic carbocycles. The lowest BCUT2D eigenvalue weighted by Gasteiger charge is -2.20. The summed E-state index contributed by atoms with van der Waals surface area (Å²) in [5.74, 6) is 0. The standard InChI is InChI=1S/C15H13F3N2O2S2/c1-24(21,22)11-6-4-10(5-7-11)12-9-20(15(16,17)18)19-14(12)13-3-2-8-23-13/h2-8,19H,9H2,1H3. The van der Waals surface area contributed by atoms with Crippen LogP contribution in [-0.4, -0.2) is 32.5 Å². The molecule has 0 bridgehead atoms. The number of hydrogen-bond acceptors (Lipinski definition) is 5. The molecule has 4 nitrogen and oxygen atoms in total. The second-order valence-corrected chi connectivity index (χ2v) is 8.26. The lowest BCUT2D eigenvalue weighted by molar-refractivity contribution is -0.251. The largest absolute Gasteiger partial charge is 0.477 e. The maximum absolute atomic E-state index is 13.0. The van der Waals surface area contributed by atoms with Crippen molar-refractivity contribution >= 4 is 32.4 Å². The number of rotatable bonds is 3. The van der Waals surface area contributed by atoms with Gasteiger partial charge in [0.05, 0.1) is 22.0 Å². The Bertz CT molecular complexity index is 870. The third kappa shape index (κ3) is 3.33. The number of nitrogens with one attached hydrogen (secondary N) is 1. The Hall–Kier alpha value is -1.84. The highest BCUT2D eigenvalue weighted by Crippen LogP contribution is 2.36. The fourth-order valence-corrected chi connectivity index (χ4v) is 3.77. The summed E-state index contributed by atoms with van der Waals surface area (Å²) in [4.78, 5) is 0.812. The van der Waals surface area contributed by atoms with Gasteiger partial charge in [0.25, 0.3) is 0 Å². The van der Waals surface area contributed by atoms with Crippen LogP contribution in [0.25, 0.3) is 11.3 Å². The Labute approximate surface area is 141 Å². The van der Waals surface area contributed by atoms with Crippen LogP contribution in [0.2, 0.25) is 0 Å². The Balaban J connectivity index is 2.03. The molecule has 1 aromatic heterocycles. The highest BCUT2D eigenvalue weighted by molar-refractivity contribution is 7.90. The molecule has 24 heavy (non-hydrogen) atoms. The smallest absolute Gasteiger partial charge is 0.310 e. The van der Waals surface area contributed by atoms with Crippen molar-refractivity contribution in [3.63, 3.8) is 0 Å². The van der Waals surface area contributed by atoms with E-state index in [1.165, 1.54) is 35.6 Å². The second-order valence-electron chi connectivity index (χ2n) is 5.29. The monoisotopic (exact) mass is 374 g/mol. The Morgan fingerprint density at radius 2 is 1.83 bits per heavy atom. The molecule has 1 aliphatic rings. The normalized spacial score (nSPS) is 16.5. The van der Waals surface area contributed by atoms with E-state index in [4.69, 9.17) is 0 Å². The van der Waals surface area contributed by atoms with Crippen LogP contribution >= 0.6 is 11.3 Å². The average Bonchev–Trinajstić information content (AvgIpc) is 3.15. The quantitative estimate of drug-likeness (QED) is 0.837. The van der Waals surface area contributed by atoms with Gasteiger partial charge in [0.1, 0.15) is 0 Å². The summed E-state index contributed by atoms with van der Waals surface area (Å²) in [6.45, 7) is -0.352. The number of hydrazine groups is 1. The van der Waals surface area contributed by atoms with Crippen LogP contribution in [0, 0.1) is 0 Å². The van der Waals surface area contributed by atoms with Crippen LogP contribution < -0.4 is 5.43 Å². The van der Waals surface area contributed by atoms with Crippen molar-refractivity contribution in [2.75, 3.05) is 12.8 Å². The van der Waals surface area contributed by atoms with E-state index >= 15 is 0 Å². The maximum atomic E-state index is 13.0. The van der Waals surface area contributed by atoms with E-state index in [-0.39, 0.29) is 16.4 Å². The van der Waals surface area contributed by atoms with Gasteiger partial charge in [0.15, 0.2) is 9.84 Å². The van der Waals surface area contributed by atoms with Crippen LogP contribution in [0.4, 0.5) is 13.2 Å². The van der Waals surface area contributed by atoms with Crippen LogP contribution in [0.3, 0.4) is 0 Å². The van der Waals surface area contributed by atoms with Crippen molar-refractivity contribution in [1.82, 2.24) is 10.4 Å². The summed E-state index contributed by atoms with van der Waals surface area (Å²) < 4.78 is 62.2. The lowest BCUT2D eigenvalue weighted by atomic mass is 10.0. The number of halogens is 3.